The third kappa shape index (κ3) is 4.66. The van der Waals surface area contributed by atoms with Gasteiger partial charge in [-0.3, -0.25) is 9.59 Å². The highest BCUT2D eigenvalue weighted by atomic mass is 35.5. The molecule has 2 aromatic carbocycles. The molecule has 4 rings (SSSR count). The van der Waals surface area contributed by atoms with Gasteiger partial charge in [-0.25, -0.2) is 9.69 Å². The molecule has 0 spiro atoms. The number of anilines is 2. The van der Waals surface area contributed by atoms with Crippen LogP contribution in [0.4, 0.5) is 16.2 Å². The lowest BCUT2D eigenvalue weighted by Gasteiger charge is -2.47. The summed E-state index contributed by atoms with van der Waals surface area (Å²) in [5.41, 5.74) is 4.02. The molecule has 2 aliphatic heterocycles. The van der Waals surface area contributed by atoms with Crippen LogP contribution in [0.15, 0.2) is 48.2 Å². The van der Waals surface area contributed by atoms with Crippen LogP contribution in [0, 0.1) is 0 Å². The molecule has 178 valence electrons. The van der Waals surface area contributed by atoms with Crippen molar-refractivity contribution in [2.45, 2.75) is 45.6 Å². The van der Waals surface area contributed by atoms with E-state index in [1.807, 2.05) is 6.07 Å². The first kappa shape index (κ1) is 23.8. The molecule has 0 unspecified atom stereocenters. The number of imide groups is 1. The smallest absolute Gasteiger partial charge is 0.329 e. The summed E-state index contributed by atoms with van der Waals surface area (Å²) in [6.07, 6.45) is 2.69. The molecule has 1 saturated heterocycles. The van der Waals surface area contributed by atoms with Gasteiger partial charge in [0.05, 0.1) is 0 Å². The monoisotopic (exact) mass is 480 g/mol. The van der Waals surface area contributed by atoms with Gasteiger partial charge in [0.2, 0.25) is 5.91 Å². The second-order valence-corrected chi connectivity index (χ2v) is 9.85. The topological polar surface area (TPSA) is 81.8 Å². The van der Waals surface area contributed by atoms with E-state index in [1.165, 1.54) is 11.3 Å². The largest absolute Gasteiger partial charge is 0.366 e. The number of hydrogen-bond donors (Lipinski definition) is 2. The fourth-order valence-corrected chi connectivity index (χ4v) is 5.08. The van der Waals surface area contributed by atoms with E-state index < -0.39 is 17.8 Å². The second kappa shape index (κ2) is 9.14. The van der Waals surface area contributed by atoms with E-state index in [0.29, 0.717) is 16.6 Å². The highest BCUT2D eigenvalue weighted by Gasteiger charge is 2.37. The molecule has 2 aliphatic rings. The summed E-state index contributed by atoms with van der Waals surface area (Å²) in [5, 5.41) is 5.80. The number of carbonyl (C=O) groups excluding carboxylic acids is 3. The van der Waals surface area contributed by atoms with Crippen LogP contribution in [-0.2, 0) is 9.59 Å². The van der Waals surface area contributed by atoms with E-state index >= 15 is 0 Å². The summed E-state index contributed by atoms with van der Waals surface area (Å²) >= 11 is 5.85. The van der Waals surface area contributed by atoms with Gasteiger partial charge in [0.1, 0.15) is 12.2 Å². The molecule has 2 aromatic rings. The third-order valence-electron chi connectivity index (χ3n) is 6.43. The second-order valence-electron chi connectivity index (χ2n) is 9.41. The number of urea groups is 1. The minimum Gasteiger partial charge on any atom is -0.366 e. The number of benzene rings is 2. The molecular weight excluding hydrogens is 452 g/mol. The van der Waals surface area contributed by atoms with E-state index in [4.69, 9.17) is 11.6 Å². The van der Waals surface area contributed by atoms with Gasteiger partial charge in [-0.15, -0.1) is 0 Å². The summed E-state index contributed by atoms with van der Waals surface area (Å²) in [6.45, 7) is 9.42. The molecule has 4 amide bonds. The molecule has 0 bridgehead atoms. The van der Waals surface area contributed by atoms with Crippen molar-refractivity contribution in [3.8, 4) is 0 Å². The fourth-order valence-electron chi connectivity index (χ4n) is 4.96. The maximum absolute atomic E-state index is 12.9. The number of nitrogens with one attached hydrogen (secondary N) is 2. The lowest BCUT2D eigenvalue weighted by molar-refractivity contribution is -0.127. The van der Waals surface area contributed by atoms with Gasteiger partial charge < -0.3 is 15.5 Å². The Bertz CT molecular complexity index is 1170. The Morgan fingerprint density at radius 1 is 1.21 bits per heavy atom. The molecule has 8 heteroatoms. The molecule has 2 N–H and O–H groups in total. The van der Waals surface area contributed by atoms with Crippen LogP contribution >= 0.6 is 11.6 Å². The Labute approximate surface area is 204 Å². The predicted molar refractivity (Wildman–Crippen MR) is 135 cm³/mol. The average molecular weight is 481 g/mol. The fraction of sp³-hybridized carbons (Fsp3) is 0.346. The first-order valence-corrected chi connectivity index (χ1v) is 11.8. The van der Waals surface area contributed by atoms with E-state index in [9.17, 15) is 14.4 Å². The van der Waals surface area contributed by atoms with E-state index in [-0.39, 0.29) is 17.8 Å². The summed E-state index contributed by atoms with van der Waals surface area (Å²) in [4.78, 5) is 40.9. The Morgan fingerprint density at radius 3 is 2.59 bits per heavy atom. The van der Waals surface area contributed by atoms with Crippen LogP contribution in [0.25, 0.3) is 6.08 Å². The molecule has 2 heterocycles. The van der Waals surface area contributed by atoms with Crippen LogP contribution in [-0.4, -0.2) is 41.4 Å². The van der Waals surface area contributed by atoms with Crippen molar-refractivity contribution < 1.29 is 14.4 Å². The lowest BCUT2D eigenvalue weighted by atomic mass is 9.79. The Kier molecular flexibility index (Phi) is 6.41. The maximum Gasteiger partial charge on any atom is 0.329 e. The predicted octanol–water partition coefficient (Wildman–Crippen LogP) is 4.98. The molecule has 0 aliphatic carbocycles. The SMILES string of the molecule is CCN1c2ccc(/C=C3\NC(=O)N(CC(=O)Nc4ccc(Cl)cc4)C3=O)cc2[C@@H](C)CC1(C)C. The van der Waals surface area contributed by atoms with Crippen molar-refractivity contribution in [2.75, 3.05) is 23.3 Å². The third-order valence-corrected chi connectivity index (χ3v) is 6.68. The minimum absolute atomic E-state index is 0.0730. The van der Waals surface area contributed by atoms with Crippen molar-refractivity contribution in [2.24, 2.45) is 0 Å². The minimum atomic E-state index is -0.618. The highest BCUT2D eigenvalue weighted by Crippen LogP contribution is 2.43. The average Bonchev–Trinajstić information content (AvgIpc) is 3.02. The zero-order chi connectivity index (χ0) is 24.6. The number of nitrogens with zero attached hydrogens (tertiary/aromatic N) is 2. The van der Waals surface area contributed by atoms with Crippen LogP contribution in [0.1, 0.15) is 51.2 Å². The number of fused-ring (bicyclic) bond motifs is 1. The summed E-state index contributed by atoms with van der Waals surface area (Å²) in [7, 11) is 0. The number of amides is 4. The molecule has 7 nitrogen and oxygen atoms in total. The Morgan fingerprint density at radius 2 is 1.91 bits per heavy atom. The number of rotatable bonds is 5. The van der Waals surface area contributed by atoms with Crippen LogP contribution in [0.5, 0.6) is 0 Å². The number of halogens is 1. The molecule has 0 aromatic heterocycles. The zero-order valence-corrected chi connectivity index (χ0v) is 20.6. The molecule has 0 radical (unpaired) electrons. The van der Waals surface area contributed by atoms with E-state index in [2.05, 4.69) is 55.4 Å². The van der Waals surface area contributed by atoms with Crippen LogP contribution in [0.3, 0.4) is 0 Å². The van der Waals surface area contributed by atoms with Crippen molar-refractivity contribution >= 4 is 46.9 Å². The van der Waals surface area contributed by atoms with Crippen LogP contribution < -0.4 is 15.5 Å². The standard InChI is InChI=1S/C26H29ClN4O3/c1-5-31-22-11-6-17(12-20(22)16(2)14-26(31,3)4)13-21-24(33)30(25(34)29-21)15-23(32)28-19-9-7-18(27)8-10-19/h6-13,16H,5,14-15H2,1-4H3,(H,28,32)(H,29,34)/b21-13-/t16-/m0/s1. The Balaban J connectivity index is 1.50. The zero-order valence-electron chi connectivity index (χ0n) is 19.8. The normalized spacial score (nSPS) is 20.4. The van der Waals surface area contributed by atoms with Gasteiger partial charge in [0, 0.05) is 28.5 Å². The quantitative estimate of drug-likeness (QED) is 0.467. The van der Waals surface area contributed by atoms with E-state index in [1.54, 1.807) is 30.3 Å². The Hall–Kier alpha value is -3.32. The highest BCUT2D eigenvalue weighted by molar-refractivity contribution is 6.30. The number of hydrogen-bond acceptors (Lipinski definition) is 4. The van der Waals surface area contributed by atoms with Gasteiger partial charge in [0.15, 0.2) is 0 Å². The molecule has 1 fully saturated rings. The summed E-state index contributed by atoms with van der Waals surface area (Å²) in [5.74, 6) is -0.636. The molecule has 34 heavy (non-hydrogen) atoms. The van der Waals surface area contributed by atoms with Gasteiger partial charge >= 0.3 is 6.03 Å². The van der Waals surface area contributed by atoms with Crippen molar-refractivity contribution in [3.63, 3.8) is 0 Å². The van der Waals surface area contributed by atoms with E-state index in [0.717, 1.165) is 23.4 Å². The van der Waals surface area contributed by atoms with Crippen molar-refractivity contribution in [1.29, 1.82) is 0 Å². The molecule has 1 atom stereocenters. The first-order chi connectivity index (χ1) is 16.1. The molecule has 0 saturated carbocycles. The maximum atomic E-state index is 12.9. The van der Waals surface area contributed by atoms with Crippen LogP contribution in [0.2, 0.25) is 5.02 Å². The lowest BCUT2D eigenvalue weighted by Crippen LogP contribution is -2.48. The summed E-state index contributed by atoms with van der Waals surface area (Å²) in [6, 6.07) is 12.1. The number of carbonyl (C=O) groups is 3. The first-order valence-electron chi connectivity index (χ1n) is 11.4. The van der Waals surface area contributed by atoms with Gasteiger partial charge in [-0.2, -0.15) is 0 Å². The van der Waals surface area contributed by atoms with Gasteiger partial charge in [-0.05, 0) is 86.7 Å². The summed E-state index contributed by atoms with van der Waals surface area (Å²) < 4.78 is 0. The van der Waals surface area contributed by atoms with Gasteiger partial charge in [0.25, 0.3) is 5.91 Å². The molecular formula is C26H29ClN4O3. The van der Waals surface area contributed by atoms with Gasteiger partial charge in [-0.1, -0.05) is 24.6 Å². The van der Waals surface area contributed by atoms with Crippen molar-refractivity contribution in [1.82, 2.24) is 10.2 Å². The van der Waals surface area contributed by atoms with Crippen molar-refractivity contribution in [3.05, 3.63) is 64.3 Å².